The van der Waals surface area contributed by atoms with E-state index in [2.05, 4.69) is 20.8 Å². The van der Waals surface area contributed by atoms with Crippen molar-refractivity contribution in [2.45, 2.75) is 64.2 Å². The fraction of sp³-hybridized carbons (Fsp3) is 1.00. The summed E-state index contributed by atoms with van der Waals surface area (Å²) < 4.78 is 5.87. The van der Waals surface area contributed by atoms with E-state index < -0.39 is 0 Å². The summed E-state index contributed by atoms with van der Waals surface area (Å²) in [6.45, 7) is 6.34. The smallest absolute Gasteiger partial charge is 0.0602 e. The zero-order valence-corrected chi connectivity index (χ0v) is 8.47. The van der Waals surface area contributed by atoms with Gasteiger partial charge in [0.15, 0.2) is 0 Å². The Balaban J connectivity index is 2.26. The predicted octanol–water partition coefficient (Wildman–Crippen LogP) is 2.07. The van der Waals surface area contributed by atoms with Crippen molar-refractivity contribution in [2.75, 3.05) is 0 Å². The fourth-order valence-electron chi connectivity index (χ4n) is 1.71. The summed E-state index contributed by atoms with van der Waals surface area (Å²) in [4.78, 5) is 0. The van der Waals surface area contributed by atoms with Gasteiger partial charge in [0, 0.05) is 6.04 Å². The molecule has 1 rings (SSSR count). The van der Waals surface area contributed by atoms with E-state index in [0.29, 0.717) is 12.1 Å². The first-order chi connectivity index (χ1) is 5.47. The highest BCUT2D eigenvalue weighted by Crippen LogP contribution is 2.23. The molecule has 1 aliphatic carbocycles. The maximum atomic E-state index is 5.87. The second kappa shape index (κ2) is 3.75. The Morgan fingerprint density at radius 3 is 2.00 bits per heavy atom. The van der Waals surface area contributed by atoms with Gasteiger partial charge >= 0.3 is 0 Å². The molecule has 0 bridgehead atoms. The summed E-state index contributed by atoms with van der Waals surface area (Å²) in [5.74, 6) is 0. The molecule has 0 amide bonds. The highest BCUT2D eigenvalue weighted by Gasteiger charge is 2.23. The van der Waals surface area contributed by atoms with Crippen LogP contribution in [0.25, 0.3) is 0 Å². The second-order valence-electron chi connectivity index (χ2n) is 4.77. The molecule has 2 nitrogen and oxygen atoms in total. The van der Waals surface area contributed by atoms with E-state index in [-0.39, 0.29) is 5.60 Å². The predicted molar refractivity (Wildman–Crippen MR) is 51.1 cm³/mol. The molecule has 0 aromatic carbocycles. The van der Waals surface area contributed by atoms with E-state index in [1.165, 1.54) is 0 Å². The van der Waals surface area contributed by atoms with Crippen LogP contribution in [0.3, 0.4) is 0 Å². The molecule has 0 heterocycles. The van der Waals surface area contributed by atoms with Gasteiger partial charge in [-0.2, -0.15) is 0 Å². The number of ether oxygens (including phenoxy) is 1. The van der Waals surface area contributed by atoms with Gasteiger partial charge in [-0.05, 0) is 46.5 Å². The summed E-state index contributed by atoms with van der Waals surface area (Å²) in [5, 5.41) is 0. The first kappa shape index (κ1) is 10.0. The zero-order valence-electron chi connectivity index (χ0n) is 8.47. The van der Waals surface area contributed by atoms with E-state index in [0.717, 1.165) is 25.7 Å². The Kier molecular flexibility index (Phi) is 3.13. The molecule has 1 aliphatic rings. The third kappa shape index (κ3) is 3.55. The molecule has 1 saturated carbocycles. The molecule has 2 heteroatoms. The van der Waals surface area contributed by atoms with Crippen molar-refractivity contribution in [3.05, 3.63) is 0 Å². The van der Waals surface area contributed by atoms with Gasteiger partial charge in [-0.25, -0.2) is 0 Å². The minimum absolute atomic E-state index is 0.00605. The van der Waals surface area contributed by atoms with Crippen LogP contribution in [0.2, 0.25) is 0 Å². The first-order valence-corrected chi connectivity index (χ1v) is 4.91. The minimum Gasteiger partial charge on any atom is -0.373 e. The van der Waals surface area contributed by atoms with Gasteiger partial charge < -0.3 is 10.5 Å². The molecule has 12 heavy (non-hydrogen) atoms. The summed E-state index contributed by atoms with van der Waals surface area (Å²) >= 11 is 0. The SMILES string of the molecule is CC(C)(C)O[C@H]1CC[C@H](N)CC1. The summed E-state index contributed by atoms with van der Waals surface area (Å²) in [6.07, 6.45) is 4.98. The lowest BCUT2D eigenvalue weighted by Crippen LogP contribution is -2.34. The monoisotopic (exact) mass is 171 g/mol. The quantitative estimate of drug-likeness (QED) is 0.655. The summed E-state index contributed by atoms with van der Waals surface area (Å²) in [7, 11) is 0. The number of hydrogen-bond donors (Lipinski definition) is 1. The Morgan fingerprint density at radius 2 is 1.58 bits per heavy atom. The molecule has 0 aromatic rings. The fourth-order valence-corrected chi connectivity index (χ4v) is 1.71. The molecule has 0 atom stereocenters. The zero-order chi connectivity index (χ0) is 9.19. The maximum Gasteiger partial charge on any atom is 0.0602 e. The lowest BCUT2D eigenvalue weighted by molar-refractivity contribution is -0.0748. The largest absolute Gasteiger partial charge is 0.373 e. The van der Waals surface area contributed by atoms with Crippen molar-refractivity contribution in [3.63, 3.8) is 0 Å². The van der Waals surface area contributed by atoms with Crippen LogP contribution < -0.4 is 5.73 Å². The van der Waals surface area contributed by atoms with Crippen molar-refractivity contribution in [1.29, 1.82) is 0 Å². The van der Waals surface area contributed by atoms with Crippen LogP contribution in [0, 0.1) is 0 Å². The minimum atomic E-state index is 0.00605. The molecule has 72 valence electrons. The normalized spacial score (nSPS) is 32.0. The van der Waals surface area contributed by atoms with Gasteiger partial charge in [0.25, 0.3) is 0 Å². The van der Waals surface area contributed by atoms with Gasteiger partial charge in [0.05, 0.1) is 11.7 Å². The van der Waals surface area contributed by atoms with Crippen molar-refractivity contribution >= 4 is 0 Å². The van der Waals surface area contributed by atoms with E-state index >= 15 is 0 Å². The number of nitrogens with two attached hydrogens (primary N) is 1. The lowest BCUT2D eigenvalue weighted by atomic mass is 9.93. The molecule has 1 fully saturated rings. The van der Waals surface area contributed by atoms with Crippen molar-refractivity contribution in [3.8, 4) is 0 Å². The van der Waals surface area contributed by atoms with Crippen LogP contribution >= 0.6 is 0 Å². The summed E-state index contributed by atoms with van der Waals surface area (Å²) in [5.41, 5.74) is 5.81. The molecule has 0 aromatic heterocycles. The van der Waals surface area contributed by atoms with Crippen LogP contribution in [-0.4, -0.2) is 17.7 Å². The highest BCUT2D eigenvalue weighted by atomic mass is 16.5. The number of rotatable bonds is 1. The molecular formula is C10H21NO. The van der Waals surface area contributed by atoms with Gasteiger partial charge in [0.1, 0.15) is 0 Å². The molecule has 0 unspecified atom stereocenters. The Labute approximate surface area is 75.5 Å². The van der Waals surface area contributed by atoms with Crippen LogP contribution in [-0.2, 0) is 4.74 Å². The number of hydrogen-bond acceptors (Lipinski definition) is 2. The first-order valence-electron chi connectivity index (χ1n) is 4.91. The van der Waals surface area contributed by atoms with Crippen LogP contribution in [0.5, 0.6) is 0 Å². The molecule has 0 spiro atoms. The molecule has 2 N–H and O–H groups in total. The maximum absolute atomic E-state index is 5.87. The van der Waals surface area contributed by atoms with Gasteiger partial charge in [-0.3, -0.25) is 0 Å². The second-order valence-corrected chi connectivity index (χ2v) is 4.77. The van der Waals surface area contributed by atoms with Crippen molar-refractivity contribution < 1.29 is 4.74 Å². The van der Waals surface area contributed by atoms with E-state index in [9.17, 15) is 0 Å². The van der Waals surface area contributed by atoms with Crippen molar-refractivity contribution in [1.82, 2.24) is 0 Å². The topological polar surface area (TPSA) is 35.2 Å². The van der Waals surface area contributed by atoms with Gasteiger partial charge in [0.2, 0.25) is 0 Å². The average molecular weight is 171 g/mol. The third-order valence-corrected chi connectivity index (χ3v) is 2.24. The Bertz CT molecular complexity index is 131. The molecule has 0 aliphatic heterocycles. The van der Waals surface area contributed by atoms with Gasteiger partial charge in [-0.1, -0.05) is 0 Å². The van der Waals surface area contributed by atoms with Crippen molar-refractivity contribution in [2.24, 2.45) is 5.73 Å². The van der Waals surface area contributed by atoms with E-state index in [1.54, 1.807) is 0 Å². The highest BCUT2D eigenvalue weighted by molar-refractivity contribution is 4.76. The third-order valence-electron chi connectivity index (χ3n) is 2.24. The summed E-state index contributed by atoms with van der Waals surface area (Å²) in [6, 6.07) is 0.421. The van der Waals surface area contributed by atoms with E-state index in [1.807, 2.05) is 0 Å². The lowest BCUT2D eigenvalue weighted by Gasteiger charge is -2.32. The molecular weight excluding hydrogens is 150 g/mol. The standard InChI is InChI=1S/C10H21NO/c1-10(2,3)12-9-6-4-8(11)5-7-9/h8-9H,4-7,11H2,1-3H3/t8-,9-. The van der Waals surface area contributed by atoms with Crippen LogP contribution in [0.4, 0.5) is 0 Å². The Hall–Kier alpha value is -0.0800. The van der Waals surface area contributed by atoms with Gasteiger partial charge in [-0.15, -0.1) is 0 Å². The van der Waals surface area contributed by atoms with E-state index in [4.69, 9.17) is 10.5 Å². The molecule has 0 radical (unpaired) electrons. The Morgan fingerprint density at radius 1 is 1.08 bits per heavy atom. The average Bonchev–Trinajstić information content (AvgIpc) is 1.91. The van der Waals surface area contributed by atoms with Crippen LogP contribution in [0.1, 0.15) is 46.5 Å². The molecule has 0 saturated heterocycles. The van der Waals surface area contributed by atoms with Crippen LogP contribution in [0.15, 0.2) is 0 Å².